The minimum Gasteiger partial charge on any atom is -0.314 e. The van der Waals surface area contributed by atoms with E-state index in [2.05, 4.69) is 32.2 Å². The van der Waals surface area contributed by atoms with Gasteiger partial charge in [-0.2, -0.15) is 5.26 Å². The van der Waals surface area contributed by atoms with Crippen molar-refractivity contribution in [3.05, 3.63) is 34.1 Å². The lowest BCUT2D eigenvalue weighted by atomic mass is 10.0. The predicted octanol–water partition coefficient (Wildman–Crippen LogP) is 2.45. The van der Waals surface area contributed by atoms with E-state index in [9.17, 15) is 4.39 Å². The first-order chi connectivity index (χ1) is 8.72. The van der Waals surface area contributed by atoms with Crippen LogP contribution in [0.15, 0.2) is 22.7 Å². The Balaban J connectivity index is 2.28. The third-order valence-electron chi connectivity index (χ3n) is 3.19. The maximum absolute atomic E-state index is 13.9. The van der Waals surface area contributed by atoms with Gasteiger partial charge in [0.2, 0.25) is 0 Å². The fourth-order valence-corrected chi connectivity index (χ4v) is 2.66. The molecule has 1 heterocycles. The second-order valence-electron chi connectivity index (χ2n) is 4.33. The topological polar surface area (TPSA) is 39.1 Å². The van der Waals surface area contributed by atoms with E-state index in [1.807, 2.05) is 0 Å². The highest BCUT2D eigenvalue weighted by molar-refractivity contribution is 9.10. The van der Waals surface area contributed by atoms with Crippen LogP contribution in [0.25, 0.3) is 0 Å². The van der Waals surface area contributed by atoms with E-state index in [0.717, 1.165) is 30.7 Å². The summed E-state index contributed by atoms with van der Waals surface area (Å²) in [6.45, 7) is 3.46. The normalized spacial score (nSPS) is 18.3. The molecule has 0 unspecified atom stereocenters. The Morgan fingerprint density at radius 2 is 2.17 bits per heavy atom. The molecule has 18 heavy (non-hydrogen) atoms. The smallest absolute Gasteiger partial charge is 0.128 e. The summed E-state index contributed by atoms with van der Waals surface area (Å²) in [5, 5.41) is 12.2. The number of piperazine rings is 1. The fourth-order valence-electron chi connectivity index (χ4n) is 2.29. The highest BCUT2D eigenvalue weighted by atomic mass is 79.9. The monoisotopic (exact) mass is 311 g/mol. The fraction of sp³-hybridized carbons (Fsp3) is 0.462. The number of nitrogens with one attached hydrogen (secondary N) is 1. The molecule has 1 atom stereocenters. The second-order valence-corrected chi connectivity index (χ2v) is 5.25. The summed E-state index contributed by atoms with van der Waals surface area (Å²) >= 11 is 3.36. The lowest BCUT2D eigenvalue weighted by molar-refractivity contribution is 0.172. The van der Waals surface area contributed by atoms with E-state index in [1.54, 1.807) is 12.1 Å². The van der Waals surface area contributed by atoms with Gasteiger partial charge in [-0.25, -0.2) is 4.39 Å². The molecule has 1 aromatic carbocycles. The molecule has 1 aliphatic heterocycles. The molecular weight excluding hydrogens is 297 g/mol. The van der Waals surface area contributed by atoms with Crippen molar-refractivity contribution in [2.75, 3.05) is 26.2 Å². The molecule has 1 fully saturated rings. The van der Waals surface area contributed by atoms with Crippen molar-refractivity contribution >= 4 is 15.9 Å². The van der Waals surface area contributed by atoms with Gasteiger partial charge in [-0.1, -0.05) is 15.9 Å². The van der Waals surface area contributed by atoms with E-state index >= 15 is 0 Å². The molecule has 1 saturated heterocycles. The Kier molecular flexibility index (Phi) is 4.70. The second kappa shape index (κ2) is 6.28. The van der Waals surface area contributed by atoms with Crippen molar-refractivity contribution in [1.29, 1.82) is 5.26 Å². The Morgan fingerprint density at radius 3 is 2.83 bits per heavy atom. The Bertz CT molecular complexity index is 452. The Labute approximate surface area is 115 Å². The van der Waals surface area contributed by atoms with Crippen LogP contribution in [-0.2, 0) is 0 Å². The molecule has 1 aliphatic rings. The molecule has 0 radical (unpaired) electrons. The molecule has 1 aromatic rings. The van der Waals surface area contributed by atoms with E-state index in [-0.39, 0.29) is 11.9 Å². The third kappa shape index (κ3) is 3.08. The summed E-state index contributed by atoms with van der Waals surface area (Å²) in [4.78, 5) is 2.17. The van der Waals surface area contributed by atoms with Crippen LogP contribution in [0, 0.1) is 17.1 Å². The number of nitrogens with zero attached hydrogens (tertiary/aromatic N) is 2. The summed E-state index contributed by atoms with van der Waals surface area (Å²) in [5.74, 6) is -0.239. The standard InChI is InChI=1S/C13H15BrFN3/c14-10-1-2-12(15)11(9-10)13(3-4-16)18-7-5-17-6-8-18/h1-2,9,13,17H,3,5-8H2/t13-/m0/s1. The van der Waals surface area contributed by atoms with Crippen molar-refractivity contribution in [3.8, 4) is 6.07 Å². The molecule has 2 rings (SSSR count). The van der Waals surface area contributed by atoms with Crippen molar-refractivity contribution in [3.63, 3.8) is 0 Å². The molecule has 0 amide bonds. The lowest BCUT2D eigenvalue weighted by Gasteiger charge is -2.34. The van der Waals surface area contributed by atoms with Crippen molar-refractivity contribution in [1.82, 2.24) is 10.2 Å². The zero-order valence-electron chi connectivity index (χ0n) is 10.00. The molecule has 96 valence electrons. The highest BCUT2D eigenvalue weighted by Gasteiger charge is 2.24. The largest absolute Gasteiger partial charge is 0.314 e. The average Bonchev–Trinajstić information content (AvgIpc) is 2.40. The first kappa shape index (κ1) is 13.5. The van der Waals surface area contributed by atoms with Crippen LogP contribution in [0.5, 0.6) is 0 Å². The summed E-state index contributed by atoms with van der Waals surface area (Å²) in [7, 11) is 0. The average molecular weight is 312 g/mol. The number of nitriles is 1. The van der Waals surface area contributed by atoms with Gasteiger partial charge < -0.3 is 5.32 Å². The van der Waals surface area contributed by atoms with Crippen LogP contribution >= 0.6 is 15.9 Å². The van der Waals surface area contributed by atoms with Gasteiger partial charge in [0.25, 0.3) is 0 Å². The number of rotatable bonds is 3. The summed E-state index contributed by atoms with van der Waals surface area (Å²) in [6.07, 6.45) is 0.313. The minimum atomic E-state index is -0.239. The molecule has 3 nitrogen and oxygen atoms in total. The van der Waals surface area contributed by atoms with E-state index in [4.69, 9.17) is 5.26 Å². The number of halogens is 2. The van der Waals surface area contributed by atoms with E-state index in [0.29, 0.717) is 12.0 Å². The van der Waals surface area contributed by atoms with Gasteiger partial charge in [0, 0.05) is 36.2 Å². The van der Waals surface area contributed by atoms with Crippen LogP contribution in [0.2, 0.25) is 0 Å². The van der Waals surface area contributed by atoms with Gasteiger partial charge >= 0.3 is 0 Å². The quantitative estimate of drug-likeness (QED) is 0.932. The maximum atomic E-state index is 13.9. The van der Waals surface area contributed by atoms with Crippen LogP contribution in [0.1, 0.15) is 18.0 Å². The molecule has 0 aliphatic carbocycles. The van der Waals surface area contributed by atoms with E-state index < -0.39 is 0 Å². The molecule has 0 spiro atoms. The highest BCUT2D eigenvalue weighted by Crippen LogP contribution is 2.29. The summed E-state index contributed by atoms with van der Waals surface area (Å²) in [6, 6.07) is 6.92. The number of hydrogen-bond acceptors (Lipinski definition) is 3. The van der Waals surface area contributed by atoms with Crippen LogP contribution in [0.4, 0.5) is 4.39 Å². The van der Waals surface area contributed by atoms with Crippen LogP contribution in [-0.4, -0.2) is 31.1 Å². The maximum Gasteiger partial charge on any atom is 0.128 e. The molecule has 0 bridgehead atoms. The minimum absolute atomic E-state index is 0.158. The van der Waals surface area contributed by atoms with Crippen LogP contribution < -0.4 is 5.32 Å². The Hall–Kier alpha value is -0.960. The zero-order valence-corrected chi connectivity index (χ0v) is 11.6. The predicted molar refractivity (Wildman–Crippen MR) is 71.5 cm³/mol. The molecule has 0 saturated carbocycles. The summed E-state index contributed by atoms with van der Waals surface area (Å²) in [5.41, 5.74) is 0.604. The van der Waals surface area contributed by atoms with Gasteiger partial charge in [-0.15, -0.1) is 0 Å². The molecule has 1 N–H and O–H groups in total. The van der Waals surface area contributed by atoms with Gasteiger partial charge in [0.15, 0.2) is 0 Å². The first-order valence-electron chi connectivity index (χ1n) is 5.99. The summed E-state index contributed by atoms with van der Waals surface area (Å²) < 4.78 is 14.8. The van der Waals surface area contributed by atoms with Crippen molar-refractivity contribution < 1.29 is 4.39 Å². The van der Waals surface area contributed by atoms with Crippen molar-refractivity contribution in [2.24, 2.45) is 0 Å². The van der Waals surface area contributed by atoms with Crippen LogP contribution in [0.3, 0.4) is 0 Å². The number of hydrogen-bond donors (Lipinski definition) is 1. The van der Waals surface area contributed by atoms with Gasteiger partial charge in [0.05, 0.1) is 18.5 Å². The SMILES string of the molecule is N#CC[C@@H](c1cc(Br)ccc1F)N1CCNCC1. The molecule has 0 aromatic heterocycles. The first-order valence-corrected chi connectivity index (χ1v) is 6.78. The molecule has 5 heteroatoms. The molecular formula is C13H15BrFN3. The van der Waals surface area contributed by atoms with Gasteiger partial charge in [-0.3, -0.25) is 4.90 Å². The van der Waals surface area contributed by atoms with Gasteiger partial charge in [-0.05, 0) is 18.2 Å². The third-order valence-corrected chi connectivity index (χ3v) is 3.69. The Morgan fingerprint density at radius 1 is 1.44 bits per heavy atom. The lowest BCUT2D eigenvalue weighted by Crippen LogP contribution is -2.45. The van der Waals surface area contributed by atoms with Crippen molar-refractivity contribution in [2.45, 2.75) is 12.5 Å². The number of benzene rings is 1. The zero-order chi connectivity index (χ0) is 13.0. The van der Waals surface area contributed by atoms with Gasteiger partial charge in [0.1, 0.15) is 5.82 Å². The van der Waals surface area contributed by atoms with E-state index in [1.165, 1.54) is 6.07 Å².